The first kappa shape index (κ1) is 18.8. The topological polar surface area (TPSA) is 28.7 Å². The number of fused-ring (bicyclic) bond motifs is 2. The van der Waals surface area contributed by atoms with Crippen LogP contribution in [0.15, 0.2) is 97.2 Å². The molecule has 0 aliphatic carbocycles. The van der Waals surface area contributed by atoms with Gasteiger partial charge in [-0.25, -0.2) is 4.39 Å². The largest absolute Gasteiger partial charge is 0.342 e. The zero-order valence-electron chi connectivity index (χ0n) is 16.8. The Bertz CT molecular complexity index is 1480. The first-order chi connectivity index (χ1) is 15.2. The predicted octanol–water partition coefficient (Wildman–Crippen LogP) is 7.05. The second-order valence-corrected chi connectivity index (χ2v) is 7.55. The van der Waals surface area contributed by atoms with Crippen molar-refractivity contribution in [3.8, 4) is 6.07 Å². The van der Waals surface area contributed by atoms with Crippen LogP contribution in [0, 0.1) is 17.1 Å². The van der Waals surface area contributed by atoms with Gasteiger partial charge < -0.3 is 4.57 Å². The molecule has 0 fully saturated rings. The predicted molar refractivity (Wildman–Crippen MR) is 125 cm³/mol. The van der Waals surface area contributed by atoms with Crippen LogP contribution in [0.4, 0.5) is 4.39 Å². The first-order valence-corrected chi connectivity index (χ1v) is 10.2. The lowest BCUT2D eigenvalue weighted by molar-refractivity contribution is 0.627. The van der Waals surface area contributed by atoms with Gasteiger partial charge in [-0.2, -0.15) is 5.26 Å². The number of para-hydroxylation sites is 1. The Morgan fingerprint density at radius 2 is 1.61 bits per heavy atom. The van der Waals surface area contributed by atoms with Gasteiger partial charge in [0.25, 0.3) is 0 Å². The Hall–Kier alpha value is -4.16. The summed E-state index contributed by atoms with van der Waals surface area (Å²) in [5, 5.41) is 13.2. The maximum Gasteiger partial charge on any atom is 0.123 e. The van der Waals surface area contributed by atoms with E-state index in [1.807, 2.05) is 18.2 Å². The summed E-state index contributed by atoms with van der Waals surface area (Å²) in [6.45, 7) is 0.720. The highest BCUT2D eigenvalue weighted by molar-refractivity contribution is 5.98. The van der Waals surface area contributed by atoms with Crippen molar-refractivity contribution in [2.24, 2.45) is 0 Å². The van der Waals surface area contributed by atoms with Gasteiger partial charge in [0.15, 0.2) is 0 Å². The summed E-state index contributed by atoms with van der Waals surface area (Å²) in [5.41, 5.74) is 4.29. The van der Waals surface area contributed by atoms with Crippen LogP contribution in [0.25, 0.3) is 33.3 Å². The molecule has 0 spiro atoms. The molecule has 148 valence electrons. The molecule has 2 nitrogen and oxygen atoms in total. The van der Waals surface area contributed by atoms with E-state index in [1.165, 1.54) is 28.5 Å². The zero-order valence-corrected chi connectivity index (χ0v) is 16.8. The van der Waals surface area contributed by atoms with Gasteiger partial charge in [0.2, 0.25) is 0 Å². The van der Waals surface area contributed by atoms with Crippen LogP contribution < -0.4 is 0 Å². The SMILES string of the molecule is N#C/C(=C/c1cn(Cc2cccc3ccccc23)c2ccccc12)c1cccc(F)c1. The third kappa shape index (κ3) is 3.60. The van der Waals surface area contributed by atoms with E-state index in [2.05, 4.69) is 71.4 Å². The molecule has 5 rings (SSSR count). The fraction of sp³-hybridized carbons (Fsp3) is 0.0357. The molecule has 0 aliphatic rings. The summed E-state index contributed by atoms with van der Waals surface area (Å²) in [7, 11) is 0. The molecule has 0 saturated carbocycles. The summed E-state index contributed by atoms with van der Waals surface area (Å²) >= 11 is 0. The van der Waals surface area contributed by atoms with Crippen molar-refractivity contribution in [1.29, 1.82) is 5.26 Å². The van der Waals surface area contributed by atoms with Crippen LogP contribution in [0.2, 0.25) is 0 Å². The molecule has 0 unspecified atom stereocenters. The van der Waals surface area contributed by atoms with E-state index in [0.717, 1.165) is 23.0 Å². The summed E-state index contributed by atoms with van der Waals surface area (Å²) in [6, 6.07) is 31.3. The summed E-state index contributed by atoms with van der Waals surface area (Å²) in [6.07, 6.45) is 3.92. The Morgan fingerprint density at radius 3 is 2.45 bits per heavy atom. The average Bonchev–Trinajstić information content (AvgIpc) is 3.15. The first-order valence-electron chi connectivity index (χ1n) is 10.2. The molecule has 0 radical (unpaired) electrons. The molecule has 1 aromatic heterocycles. The van der Waals surface area contributed by atoms with Crippen LogP contribution in [0.1, 0.15) is 16.7 Å². The molecule has 31 heavy (non-hydrogen) atoms. The summed E-state index contributed by atoms with van der Waals surface area (Å²) in [4.78, 5) is 0. The number of allylic oxidation sites excluding steroid dienone is 1. The molecule has 4 aromatic carbocycles. The van der Waals surface area contributed by atoms with Gasteiger partial charge in [0.05, 0.1) is 11.6 Å². The molecule has 0 saturated heterocycles. The van der Waals surface area contributed by atoms with E-state index in [-0.39, 0.29) is 5.82 Å². The molecular formula is C28H19FN2. The van der Waals surface area contributed by atoms with E-state index in [9.17, 15) is 9.65 Å². The number of hydrogen-bond acceptors (Lipinski definition) is 1. The quantitative estimate of drug-likeness (QED) is 0.296. The fourth-order valence-electron chi connectivity index (χ4n) is 4.13. The third-order valence-corrected chi connectivity index (χ3v) is 5.60. The highest BCUT2D eigenvalue weighted by Gasteiger charge is 2.11. The Balaban J connectivity index is 1.63. The van der Waals surface area contributed by atoms with Crippen LogP contribution in [0.5, 0.6) is 0 Å². The van der Waals surface area contributed by atoms with Crippen LogP contribution in [0.3, 0.4) is 0 Å². The smallest absolute Gasteiger partial charge is 0.123 e. The van der Waals surface area contributed by atoms with E-state index in [1.54, 1.807) is 12.1 Å². The lowest BCUT2D eigenvalue weighted by Crippen LogP contribution is -1.98. The number of rotatable bonds is 4. The van der Waals surface area contributed by atoms with Crippen molar-refractivity contribution in [2.75, 3.05) is 0 Å². The standard InChI is InChI=1S/C28H19FN2/c29-25-11-6-9-21(16-25)23(17-30)15-24-19-31(28-14-4-3-13-27(24)28)18-22-10-5-8-20-7-1-2-12-26(20)22/h1-16,19H,18H2/b23-15-. The molecule has 0 N–H and O–H groups in total. The Kier molecular flexibility index (Phi) is 4.82. The van der Waals surface area contributed by atoms with Crippen molar-refractivity contribution in [1.82, 2.24) is 4.57 Å². The molecule has 0 amide bonds. The second kappa shape index (κ2) is 7.93. The monoisotopic (exact) mass is 402 g/mol. The molecule has 1 heterocycles. The number of nitrogens with zero attached hydrogens (tertiary/aromatic N) is 2. The fourth-order valence-corrected chi connectivity index (χ4v) is 4.13. The zero-order chi connectivity index (χ0) is 21.2. The van der Waals surface area contributed by atoms with Gasteiger partial charge >= 0.3 is 0 Å². The molecule has 0 aliphatic heterocycles. The number of benzene rings is 4. The number of aromatic nitrogens is 1. The van der Waals surface area contributed by atoms with Gasteiger partial charge in [0, 0.05) is 29.2 Å². The summed E-state index contributed by atoms with van der Waals surface area (Å²) in [5.74, 6) is -0.350. The van der Waals surface area contributed by atoms with Crippen molar-refractivity contribution in [3.05, 3.63) is 120 Å². The van der Waals surface area contributed by atoms with Crippen LogP contribution in [-0.4, -0.2) is 4.57 Å². The van der Waals surface area contributed by atoms with Gasteiger partial charge in [0.1, 0.15) is 5.82 Å². The molecular weight excluding hydrogens is 383 g/mol. The van der Waals surface area contributed by atoms with Crippen LogP contribution in [-0.2, 0) is 6.54 Å². The van der Waals surface area contributed by atoms with Crippen molar-refractivity contribution < 1.29 is 4.39 Å². The highest BCUT2D eigenvalue weighted by Crippen LogP contribution is 2.28. The second-order valence-electron chi connectivity index (χ2n) is 7.55. The summed E-state index contributed by atoms with van der Waals surface area (Å²) < 4.78 is 15.9. The third-order valence-electron chi connectivity index (χ3n) is 5.60. The average molecular weight is 402 g/mol. The highest BCUT2D eigenvalue weighted by atomic mass is 19.1. The van der Waals surface area contributed by atoms with E-state index >= 15 is 0 Å². The van der Waals surface area contributed by atoms with E-state index in [0.29, 0.717) is 11.1 Å². The van der Waals surface area contributed by atoms with Crippen molar-refractivity contribution in [3.63, 3.8) is 0 Å². The minimum absolute atomic E-state index is 0.350. The maximum atomic E-state index is 13.7. The van der Waals surface area contributed by atoms with Crippen LogP contribution >= 0.6 is 0 Å². The molecule has 0 bridgehead atoms. The van der Waals surface area contributed by atoms with Gasteiger partial charge in [-0.05, 0) is 46.2 Å². The normalized spacial score (nSPS) is 11.7. The van der Waals surface area contributed by atoms with Crippen molar-refractivity contribution >= 4 is 33.3 Å². The van der Waals surface area contributed by atoms with Gasteiger partial charge in [-0.15, -0.1) is 0 Å². The minimum Gasteiger partial charge on any atom is -0.342 e. The lowest BCUT2D eigenvalue weighted by atomic mass is 10.0. The van der Waals surface area contributed by atoms with Gasteiger partial charge in [-0.3, -0.25) is 0 Å². The number of halogens is 1. The number of nitriles is 1. The minimum atomic E-state index is -0.350. The van der Waals surface area contributed by atoms with Crippen molar-refractivity contribution in [2.45, 2.75) is 6.54 Å². The lowest BCUT2D eigenvalue weighted by Gasteiger charge is -2.09. The maximum absolute atomic E-state index is 13.7. The van der Waals surface area contributed by atoms with Gasteiger partial charge in [-0.1, -0.05) is 72.8 Å². The molecule has 5 aromatic rings. The Morgan fingerprint density at radius 1 is 0.871 bits per heavy atom. The van der Waals surface area contributed by atoms with E-state index < -0.39 is 0 Å². The van der Waals surface area contributed by atoms with E-state index in [4.69, 9.17) is 0 Å². The molecule has 0 atom stereocenters. The number of hydrogen-bond donors (Lipinski definition) is 0. The Labute approximate surface area is 180 Å². The molecule has 3 heteroatoms.